The van der Waals surface area contributed by atoms with Gasteiger partial charge in [-0.3, -0.25) is 0 Å². The lowest BCUT2D eigenvalue weighted by Gasteiger charge is -2.38. The molecule has 1 aliphatic heterocycles. The van der Waals surface area contributed by atoms with Crippen molar-refractivity contribution in [2.45, 2.75) is 31.2 Å². The Morgan fingerprint density at radius 2 is 2.08 bits per heavy atom. The second kappa shape index (κ2) is 8.01. The number of aliphatic hydroxyl groups is 1. The molecule has 1 unspecified atom stereocenters. The molecule has 0 bridgehead atoms. The van der Waals surface area contributed by atoms with E-state index in [-0.39, 0.29) is 17.5 Å². The average Bonchev–Trinajstić information content (AvgIpc) is 2.53. The van der Waals surface area contributed by atoms with Crippen LogP contribution in [0.25, 0.3) is 0 Å². The molecule has 0 amide bonds. The monoisotopic (exact) mass is 376 g/mol. The second-order valence-corrected chi connectivity index (χ2v) is 8.30. The number of aryl methyl sites for hydroxylation is 1. The third-order valence-electron chi connectivity index (χ3n) is 4.34. The molecule has 1 fully saturated rings. The lowest BCUT2D eigenvalue weighted by Crippen LogP contribution is -2.53. The highest BCUT2D eigenvalue weighted by Crippen LogP contribution is 2.33. The van der Waals surface area contributed by atoms with Gasteiger partial charge in [0, 0.05) is 37.3 Å². The lowest BCUT2D eigenvalue weighted by molar-refractivity contribution is 0.120. The van der Waals surface area contributed by atoms with Crippen molar-refractivity contribution in [2.75, 3.05) is 39.9 Å². The van der Waals surface area contributed by atoms with E-state index in [0.29, 0.717) is 43.4 Å². The molecule has 1 saturated heterocycles. The van der Waals surface area contributed by atoms with E-state index in [2.05, 4.69) is 4.90 Å². The lowest BCUT2D eigenvalue weighted by atomic mass is 10.1. The van der Waals surface area contributed by atoms with Gasteiger partial charge < -0.3 is 14.7 Å². The summed E-state index contributed by atoms with van der Waals surface area (Å²) < 4.78 is 33.2. The molecule has 0 spiro atoms. The number of nitrogens with zero attached hydrogens (tertiary/aromatic N) is 2. The van der Waals surface area contributed by atoms with Crippen molar-refractivity contribution in [3.05, 3.63) is 22.7 Å². The quantitative estimate of drug-likeness (QED) is 0.818. The maximum absolute atomic E-state index is 13.1. The minimum absolute atomic E-state index is 0.00464. The number of rotatable bonds is 6. The first-order chi connectivity index (χ1) is 11.3. The fourth-order valence-corrected chi connectivity index (χ4v) is 4.68. The third-order valence-corrected chi connectivity index (χ3v) is 6.64. The van der Waals surface area contributed by atoms with Crippen molar-refractivity contribution in [2.24, 2.45) is 0 Å². The Morgan fingerprint density at radius 1 is 1.38 bits per heavy atom. The van der Waals surface area contributed by atoms with E-state index in [0.717, 1.165) is 5.56 Å². The van der Waals surface area contributed by atoms with Crippen molar-refractivity contribution in [1.82, 2.24) is 9.21 Å². The van der Waals surface area contributed by atoms with Crippen LogP contribution in [0.4, 0.5) is 0 Å². The molecule has 1 atom stereocenters. The Labute approximate surface area is 149 Å². The normalized spacial score (nSPS) is 20.3. The van der Waals surface area contributed by atoms with Crippen LogP contribution >= 0.6 is 11.6 Å². The first kappa shape index (κ1) is 19.5. The summed E-state index contributed by atoms with van der Waals surface area (Å²) in [5.74, 6) is 0.331. The molecule has 136 valence electrons. The van der Waals surface area contributed by atoms with Gasteiger partial charge in [0.15, 0.2) is 0 Å². The van der Waals surface area contributed by atoms with E-state index in [1.54, 1.807) is 6.07 Å². The SMILES string of the molecule is CCOc1cc(C)c(Cl)cc1S(=O)(=O)N1CCN(C)C(CCO)C1. The molecule has 1 aliphatic rings. The Hall–Kier alpha value is -0.860. The minimum Gasteiger partial charge on any atom is -0.492 e. The van der Waals surface area contributed by atoms with Crippen LogP contribution in [0.5, 0.6) is 5.75 Å². The maximum Gasteiger partial charge on any atom is 0.246 e. The zero-order chi connectivity index (χ0) is 17.9. The number of hydrogen-bond acceptors (Lipinski definition) is 5. The summed E-state index contributed by atoms with van der Waals surface area (Å²) >= 11 is 6.15. The number of benzene rings is 1. The van der Waals surface area contributed by atoms with Gasteiger partial charge in [-0.2, -0.15) is 4.31 Å². The highest BCUT2D eigenvalue weighted by molar-refractivity contribution is 7.89. The summed E-state index contributed by atoms with van der Waals surface area (Å²) in [7, 11) is -1.77. The van der Waals surface area contributed by atoms with Gasteiger partial charge in [0.25, 0.3) is 0 Å². The Bertz CT molecular complexity index is 681. The number of sulfonamides is 1. The van der Waals surface area contributed by atoms with Gasteiger partial charge in [-0.15, -0.1) is 0 Å². The van der Waals surface area contributed by atoms with Gasteiger partial charge in [-0.05, 0) is 45.0 Å². The molecule has 8 heteroatoms. The van der Waals surface area contributed by atoms with Gasteiger partial charge in [0.1, 0.15) is 10.6 Å². The summed E-state index contributed by atoms with van der Waals surface area (Å²) in [6.07, 6.45) is 0.537. The van der Waals surface area contributed by atoms with Crippen LogP contribution in [0.2, 0.25) is 5.02 Å². The Kier molecular flexibility index (Phi) is 6.50. The molecule has 6 nitrogen and oxygen atoms in total. The van der Waals surface area contributed by atoms with Gasteiger partial charge in [-0.25, -0.2) is 8.42 Å². The molecule has 1 aromatic rings. The Balaban J connectivity index is 2.38. The van der Waals surface area contributed by atoms with E-state index in [1.807, 2.05) is 20.9 Å². The minimum atomic E-state index is -3.71. The molecule has 24 heavy (non-hydrogen) atoms. The van der Waals surface area contributed by atoms with Crippen molar-refractivity contribution < 1.29 is 18.3 Å². The van der Waals surface area contributed by atoms with Gasteiger partial charge in [0.2, 0.25) is 10.0 Å². The van der Waals surface area contributed by atoms with Crippen LogP contribution < -0.4 is 4.74 Å². The molecule has 1 N–H and O–H groups in total. The first-order valence-corrected chi connectivity index (χ1v) is 9.87. The summed E-state index contributed by atoms with van der Waals surface area (Å²) in [6, 6.07) is 3.13. The predicted octanol–water partition coefficient (Wildman–Crippen LogP) is 1.73. The zero-order valence-electron chi connectivity index (χ0n) is 14.3. The van der Waals surface area contributed by atoms with Crippen molar-refractivity contribution >= 4 is 21.6 Å². The van der Waals surface area contributed by atoms with E-state index in [1.165, 1.54) is 10.4 Å². The molecule has 0 aromatic heterocycles. The van der Waals surface area contributed by atoms with Gasteiger partial charge in [-0.1, -0.05) is 11.6 Å². The fraction of sp³-hybridized carbons (Fsp3) is 0.625. The standard InChI is InChI=1S/C16H25ClN2O4S/c1-4-23-15-9-12(2)14(17)10-16(15)24(21,22)19-7-6-18(3)13(11-19)5-8-20/h9-10,13,20H,4-8,11H2,1-3H3. The van der Waals surface area contributed by atoms with Gasteiger partial charge in [0.05, 0.1) is 6.61 Å². The molecule has 1 aromatic carbocycles. The molecule has 1 heterocycles. The number of hydrogen-bond donors (Lipinski definition) is 1. The van der Waals surface area contributed by atoms with E-state index in [4.69, 9.17) is 16.3 Å². The summed E-state index contributed by atoms with van der Waals surface area (Å²) in [6.45, 7) is 5.40. The predicted molar refractivity (Wildman–Crippen MR) is 94.2 cm³/mol. The Morgan fingerprint density at radius 3 is 2.71 bits per heavy atom. The summed E-state index contributed by atoms with van der Waals surface area (Å²) in [5.41, 5.74) is 0.774. The number of aliphatic hydroxyl groups excluding tert-OH is 1. The number of ether oxygens (including phenoxy) is 1. The molecular weight excluding hydrogens is 352 g/mol. The van der Waals surface area contributed by atoms with Crippen molar-refractivity contribution in [3.63, 3.8) is 0 Å². The maximum atomic E-state index is 13.1. The summed E-state index contributed by atoms with van der Waals surface area (Å²) in [4.78, 5) is 2.18. The number of halogens is 1. The highest BCUT2D eigenvalue weighted by Gasteiger charge is 2.34. The molecule has 0 aliphatic carbocycles. The average molecular weight is 377 g/mol. The van der Waals surface area contributed by atoms with Crippen LogP contribution in [-0.2, 0) is 10.0 Å². The van der Waals surface area contributed by atoms with Crippen LogP contribution in [-0.4, -0.2) is 68.7 Å². The smallest absolute Gasteiger partial charge is 0.246 e. The van der Waals surface area contributed by atoms with E-state index < -0.39 is 10.0 Å². The van der Waals surface area contributed by atoms with Gasteiger partial charge >= 0.3 is 0 Å². The number of piperazine rings is 1. The molecule has 0 radical (unpaired) electrons. The second-order valence-electron chi connectivity index (χ2n) is 5.99. The largest absolute Gasteiger partial charge is 0.492 e. The van der Waals surface area contributed by atoms with Crippen molar-refractivity contribution in [3.8, 4) is 5.75 Å². The summed E-state index contributed by atoms with van der Waals surface area (Å²) in [5, 5.41) is 9.59. The highest BCUT2D eigenvalue weighted by atomic mass is 35.5. The molecule has 2 rings (SSSR count). The first-order valence-electron chi connectivity index (χ1n) is 8.05. The van der Waals surface area contributed by atoms with Crippen LogP contribution in [0, 0.1) is 6.92 Å². The molecule has 0 saturated carbocycles. The zero-order valence-corrected chi connectivity index (χ0v) is 15.9. The fourth-order valence-electron chi connectivity index (χ4n) is 2.84. The van der Waals surface area contributed by atoms with Crippen LogP contribution in [0.15, 0.2) is 17.0 Å². The topological polar surface area (TPSA) is 70.1 Å². The van der Waals surface area contributed by atoms with Crippen LogP contribution in [0.3, 0.4) is 0 Å². The van der Waals surface area contributed by atoms with E-state index in [9.17, 15) is 13.5 Å². The van der Waals surface area contributed by atoms with E-state index >= 15 is 0 Å². The van der Waals surface area contributed by atoms with Crippen molar-refractivity contribution in [1.29, 1.82) is 0 Å². The number of likely N-dealkylation sites (N-methyl/N-ethyl adjacent to an activating group) is 1. The van der Waals surface area contributed by atoms with Crippen LogP contribution in [0.1, 0.15) is 18.9 Å². The third kappa shape index (κ3) is 4.03. The molecular formula is C16H25ClN2O4S.